The Hall–Kier alpha value is -1.51. The van der Waals surface area contributed by atoms with Gasteiger partial charge in [0.15, 0.2) is 0 Å². The molecule has 0 aromatic heterocycles. The molecule has 21 heavy (non-hydrogen) atoms. The first kappa shape index (κ1) is 14.4. The number of hydrogen-bond donors (Lipinski definition) is 1. The molecule has 0 saturated carbocycles. The summed E-state index contributed by atoms with van der Waals surface area (Å²) in [5.41, 5.74) is 9.87. The Morgan fingerprint density at radius 1 is 1.29 bits per heavy atom. The van der Waals surface area contributed by atoms with Crippen molar-refractivity contribution in [1.82, 2.24) is 0 Å². The van der Waals surface area contributed by atoms with Crippen LogP contribution in [0.25, 0.3) is 0 Å². The fraction of sp³-hybridized carbons (Fsp3) is 0.333. The van der Waals surface area contributed by atoms with Crippen molar-refractivity contribution in [3.63, 3.8) is 0 Å². The highest BCUT2D eigenvalue weighted by molar-refractivity contribution is 6.31. The molecular formula is C18H20ClNO. The van der Waals surface area contributed by atoms with Gasteiger partial charge in [-0.1, -0.05) is 41.9 Å². The summed E-state index contributed by atoms with van der Waals surface area (Å²) in [5, 5.41) is 0.787. The molecule has 3 heteroatoms. The molecule has 0 bridgehead atoms. The molecule has 110 valence electrons. The number of rotatable bonds is 3. The maximum Gasteiger partial charge on any atom is 0.122 e. The number of nitrogens with two attached hydrogens (primary N) is 1. The normalized spacial score (nSPS) is 18.7. The minimum absolute atomic E-state index is 0.000689. The second kappa shape index (κ2) is 6.08. The van der Waals surface area contributed by atoms with Crippen LogP contribution < -0.4 is 10.5 Å². The zero-order chi connectivity index (χ0) is 14.8. The summed E-state index contributed by atoms with van der Waals surface area (Å²) in [6.07, 6.45) is 1.93. The number of hydrogen-bond acceptors (Lipinski definition) is 2. The van der Waals surface area contributed by atoms with Gasteiger partial charge in [-0.25, -0.2) is 0 Å². The van der Waals surface area contributed by atoms with Crippen LogP contribution in [-0.2, 0) is 0 Å². The van der Waals surface area contributed by atoms with Gasteiger partial charge in [-0.05, 0) is 54.5 Å². The van der Waals surface area contributed by atoms with Crippen LogP contribution in [0.15, 0.2) is 42.5 Å². The third-order valence-corrected chi connectivity index (χ3v) is 4.65. The van der Waals surface area contributed by atoms with E-state index < -0.39 is 0 Å². The van der Waals surface area contributed by atoms with E-state index in [-0.39, 0.29) is 6.04 Å². The predicted octanol–water partition coefficient (Wildman–Crippen LogP) is 4.60. The summed E-state index contributed by atoms with van der Waals surface area (Å²) in [7, 11) is 0. The second-order valence-electron chi connectivity index (χ2n) is 5.72. The summed E-state index contributed by atoms with van der Waals surface area (Å²) in [5.74, 6) is 1.45. The Labute approximate surface area is 130 Å². The maximum absolute atomic E-state index is 6.40. The monoisotopic (exact) mass is 301 g/mol. The van der Waals surface area contributed by atoms with Gasteiger partial charge >= 0.3 is 0 Å². The fourth-order valence-electron chi connectivity index (χ4n) is 2.94. The molecule has 2 aromatic carbocycles. The standard InChI is InChI=1S/C18H20ClNO/c1-12-6-7-14(10-16(12)19)17(20)11-13-8-9-21-18-5-3-2-4-15(13)18/h2-7,10,13,17H,8-9,11,20H2,1H3. The van der Waals surface area contributed by atoms with E-state index in [1.807, 2.05) is 31.2 Å². The number of para-hydroxylation sites is 1. The molecule has 2 aromatic rings. The van der Waals surface area contributed by atoms with Gasteiger partial charge in [0, 0.05) is 11.1 Å². The average Bonchev–Trinajstić information content (AvgIpc) is 2.50. The van der Waals surface area contributed by atoms with E-state index in [4.69, 9.17) is 22.1 Å². The lowest BCUT2D eigenvalue weighted by Gasteiger charge is -2.28. The molecule has 0 radical (unpaired) electrons. The molecule has 0 fully saturated rings. The quantitative estimate of drug-likeness (QED) is 0.899. The number of benzene rings is 2. The lowest BCUT2D eigenvalue weighted by Crippen LogP contribution is -2.20. The van der Waals surface area contributed by atoms with Crippen molar-refractivity contribution >= 4 is 11.6 Å². The Morgan fingerprint density at radius 3 is 2.90 bits per heavy atom. The average molecular weight is 302 g/mol. The first-order valence-electron chi connectivity index (χ1n) is 7.38. The molecule has 0 saturated heterocycles. The van der Waals surface area contributed by atoms with Crippen LogP contribution in [0.5, 0.6) is 5.75 Å². The van der Waals surface area contributed by atoms with Gasteiger partial charge in [0.2, 0.25) is 0 Å². The van der Waals surface area contributed by atoms with E-state index in [1.54, 1.807) is 0 Å². The smallest absolute Gasteiger partial charge is 0.122 e. The van der Waals surface area contributed by atoms with Gasteiger partial charge in [0.25, 0.3) is 0 Å². The number of fused-ring (bicyclic) bond motifs is 1. The van der Waals surface area contributed by atoms with Crippen molar-refractivity contribution in [1.29, 1.82) is 0 Å². The van der Waals surface area contributed by atoms with Crippen LogP contribution in [0, 0.1) is 6.92 Å². The Balaban J connectivity index is 1.79. The van der Waals surface area contributed by atoms with Crippen molar-refractivity contribution in [3.05, 3.63) is 64.2 Å². The predicted molar refractivity (Wildman–Crippen MR) is 87.0 cm³/mol. The van der Waals surface area contributed by atoms with Crippen LogP contribution in [0.3, 0.4) is 0 Å². The largest absolute Gasteiger partial charge is 0.493 e. The summed E-state index contributed by atoms with van der Waals surface area (Å²) in [6, 6.07) is 14.4. The van der Waals surface area contributed by atoms with Crippen LogP contribution in [-0.4, -0.2) is 6.61 Å². The van der Waals surface area contributed by atoms with E-state index in [0.717, 1.165) is 41.3 Å². The summed E-state index contributed by atoms with van der Waals surface area (Å²) in [4.78, 5) is 0. The molecule has 0 aliphatic carbocycles. The minimum atomic E-state index is -0.000689. The highest BCUT2D eigenvalue weighted by Crippen LogP contribution is 2.38. The zero-order valence-electron chi connectivity index (χ0n) is 12.2. The highest BCUT2D eigenvalue weighted by atomic mass is 35.5. The Bertz CT molecular complexity index is 641. The fourth-order valence-corrected chi connectivity index (χ4v) is 3.13. The summed E-state index contributed by atoms with van der Waals surface area (Å²) >= 11 is 6.21. The van der Waals surface area contributed by atoms with Gasteiger partial charge in [-0.15, -0.1) is 0 Å². The van der Waals surface area contributed by atoms with Crippen molar-refractivity contribution in [2.75, 3.05) is 6.61 Å². The lowest BCUT2D eigenvalue weighted by atomic mass is 9.86. The summed E-state index contributed by atoms with van der Waals surface area (Å²) in [6.45, 7) is 2.77. The Morgan fingerprint density at radius 2 is 2.10 bits per heavy atom. The first-order valence-corrected chi connectivity index (χ1v) is 7.76. The van der Waals surface area contributed by atoms with Gasteiger partial charge in [0.1, 0.15) is 5.75 Å². The van der Waals surface area contributed by atoms with E-state index >= 15 is 0 Å². The zero-order valence-corrected chi connectivity index (χ0v) is 12.9. The number of halogens is 1. The van der Waals surface area contributed by atoms with Crippen molar-refractivity contribution in [3.8, 4) is 5.75 Å². The second-order valence-corrected chi connectivity index (χ2v) is 6.13. The molecule has 3 rings (SSSR count). The molecule has 2 atom stereocenters. The number of aryl methyl sites for hydroxylation is 1. The van der Waals surface area contributed by atoms with Crippen LogP contribution in [0.2, 0.25) is 5.02 Å². The third kappa shape index (κ3) is 3.07. The lowest BCUT2D eigenvalue weighted by molar-refractivity contribution is 0.259. The topological polar surface area (TPSA) is 35.2 Å². The van der Waals surface area contributed by atoms with Crippen molar-refractivity contribution in [2.24, 2.45) is 5.73 Å². The molecule has 0 spiro atoms. The van der Waals surface area contributed by atoms with Crippen LogP contribution >= 0.6 is 11.6 Å². The molecule has 2 unspecified atom stereocenters. The van der Waals surface area contributed by atoms with E-state index in [9.17, 15) is 0 Å². The molecule has 0 amide bonds. The van der Waals surface area contributed by atoms with Crippen molar-refractivity contribution in [2.45, 2.75) is 31.7 Å². The summed E-state index contributed by atoms with van der Waals surface area (Å²) < 4.78 is 5.71. The first-order chi connectivity index (χ1) is 10.1. The Kier molecular flexibility index (Phi) is 4.18. The highest BCUT2D eigenvalue weighted by Gasteiger charge is 2.23. The van der Waals surface area contributed by atoms with E-state index in [2.05, 4.69) is 18.2 Å². The molecule has 1 heterocycles. The van der Waals surface area contributed by atoms with Gasteiger partial charge in [-0.3, -0.25) is 0 Å². The van der Waals surface area contributed by atoms with Crippen molar-refractivity contribution < 1.29 is 4.74 Å². The van der Waals surface area contributed by atoms with Gasteiger partial charge in [-0.2, -0.15) is 0 Å². The minimum Gasteiger partial charge on any atom is -0.493 e. The van der Waals surface area contributed by atoms with Gasteiger partial charge in [0.05, 0.1) is 6.61 Å². The van der Waals surface area contributed by atoms with Crippen LogP contribution in [0.4, 0.5) is 0 Å². The van der Waals surface area contributed by atoms with Gasteiger partial charge < -0.3 is 10.5 Å². The third-order valence-electron chi connectivity index (χ3n) is 4.25. The molecule has 2 nitrogen and oxygen atoms in total. The van der Waals surface area contributed by atoms with Crippen LogP contribution in [0.1, 0.15) is 41.5 Å². The molecular weight excluding hydrogens is 282 g/mol. The molecule has 2 N–H and O–H groups in total. The van der Waals surface area contributed by atoms with E-state index in [1.165, 1.54) is 5.56 Å². The SMILES string of the molecule is Cc1ccc(C(N)CC2CCOc3ccccc32)cc1Cl. The molecule has 1 aliphatic heterocycles. The molecule has 1 aliphatic rings. The maximum atomic E-state index is 6.40. The number of ether oxygens (including phenoxy) is 1. The van der Waals surface area contributed by atoms with E-state index in [0.29, 0.717) is 5.92 Å².